The zero-order chi connectivity index (χ0) is 16.4. The number of morpholine rings is 1. The van der Waals surface area contributed by atoms with Crippen molar-refractivity contribution in [3.8, 4) is 0 Å². The molecule has 0 atom stereocenters. The predicted octanol–water partition coefficient (Wildman–Crippen LogP) is 2.14. The van der Waals surface area contributed by atoms with Crippen LogP contribution in [0, 0.1) is 0 Å². The smallest absolute Gasteiger partial charge is 0.332 e. The lowest BCUT2D eigenvalue weighted by atomic mass is 9.98. The van der Waals surface area contributed by atoms with Gasteiger partial charge in [-0.2, -0.15) is 0 Å². The second-order valence-electron chi connectivity index (χ2n) is 5.58. The first-order chi connectivity index (χ1) is 10.6. The fourth-order valence-electron chi connectivity index (χ4n) is 2.60. The van der Waals surface area contributed by atoms with Gasteiger partial charge in [0.2, 0.25) is 0 Å². The van der Waals surface area contributed by atoms with Crippen molar-refractivity contribution >= 4 is 11.9 Å². The summed E-state index contributed by atoms with van der Waals surface area (Å²) in [6.07, 6.45) is 4.37. The van der Waals surface area contributed by atoms with Gasteiger partial charge in [-0.3, -0.25) is 4.90 Å². The molecule has 1 heterocycles. The van der Waals surface area contributed by atoms with Gasteiger partial charge in [0.15, 0.2) is 0 Å². The molecule has 0 saturated carbocycles. The molecule has 1 fully saturated rings. The molecule has 0 spiro atoms. The third-order valence-electron chi connectivity index (χ3n) is 3.94. The molecule has 0 bridgehead atoms. The average Bonchev–Trinajstić information content (AvgIpc) is 2.50. The van der Waals surface area contributed by atoms with Gasteiger partial charge < -0.3 is 14.9 Å². The number of carboxylic acid groups (broad SMARTS) is 2. The highest BCUT2D eigenvalue weighted by Crippen LogP contribution is 2.18. The predicted molar refractivity (Wildman–Crippen MR) is 82.9 cm³/mol. The summed E-state index contributed by atoms with van der Waals surface area (Å²) in [5, 5.41) is 18.7. The maximum Gasteiger partial charge on any atom is 0.332 e. The molecule has 0 radical (unpaired) electrons. The van der Waals surface area contributed by atoms with Crippen molar-refractivity contribution in [1.82, 2.24) is 4.90 Å². The first kappa shape index (κ1) is 18.6. The van der Waals surface area contributed by atoms with Crippen LogP contribution in [0.3, 0.4) is 0 Å². The lowest BCUT2D eigenvalue weighted by Crippen LogP contribution is -2.37. The quantitative estimate of drug-likeness (QED) is 0.475. The van der Waals surface area contributed by atoms with Crippen molar-refractivity contribution in [3.05, 3.63) is 11.1 Å². The number of hydrogen-bond donors (Lipinski definition) is 2. The van der Waals surface area contributed by atoms with Crippen molar-refractivity contribution in [2.75, 3.05) is 32.8 Å². The number of rotatable bonds is 10. The van der Waals surface area contributed by atoms with Crippen LogP contribution < -0.4 is 0 Å². The van der Waals surface area contributed by atoms with Crippen molar-refractivity contribution < 1.29 is 24.5 Å². The Morgan fingerprint density at radius 1 is 0.955 bits per heavy atom. The second-order valence-corrected chi connectivity index (χ2v) is 5.58. The summed E-state index contributed by atoms with van der Waals surface area (Å²) in [6.45, 7) is 5.48. The summed E-state index contributed by atoms with van der Waals surface area (Å²) in [7, 11) is 0. The van der Waals surface area contributed by atoms with Crippen LogP contribution >= 0.6 is 0 Å². The van der Waals surface area contributed by atoms with E-state index in [0.29, 0.717) is 26.2 Å². The van der Waals surface area contributed by atoms with Crippen LogP contribution in [0.4, 0.5) is 0 Å². The van der Waals surface area contributed by atoms with E-state index < -0.39 is 11.9 Å². The fourth-order valence-corrected chi connectivity index (χ4v) is 2.60. The zero-order valence-electron chi connectivity index (χ0n) is 13.3. The molecular formula is C16H27NO5. The Hall–Kier alpha value is -1.40. The summed E-state index contributed by atoms with van der Waals surface area (Å²) >= 11 is 0. The Morgan fingerprint density at radius 2 is 1.55 bits per heavy atom. The van der Waals surface area contributed by atoms with E-state index in [1.165, 1.54) is 0 Å². The molecule has 1 rings (SSSR count). The Balaban J connectivity index is 2.67. The van der Waals surface area contributed by atoms with Crippen molar-refractivity contribution in [2.45, 2.75) is 45.4 Å². The maximum absolute atomic E-state index is 11.4. The van der Waals surface area contributed by atoms with Crippen molar-refractivity contribution in [3.63, 3.8) is 0 Å². The molecule has 0 aromatic rings. The number of aliphatic carboxylic acids is 2. The first-order valence-corrected chi connectivity index (χ1v) is 8.05. The molecule has 22 heavy (non-hydrogen) atoms. The topological polar surface area (TPSA) is 87.1 Å². The van der Waals surface area contributed by atoms with E-state index >= 15 is 0 Å². The summed E-state index contributed by atoms with van der Waals surface area (Å²) in [4.78, 5) is 25.0. The summed E-state index contributed by atoms with van der Waals surface area (Å²) in [5.41, 5.74) is 0.118. The largest absolute Gasteiger partial charge is 0.478 e. The highest BCUT2D eigenvalue weighted by Gasteiger charge is 2.21. The number of carboxylic acids is 2. The minimum absolute atomic E-state index is 0.0514. The van der Waals surface area contributed by atoms with Gasteiger partial charge in [0.05, 0.1) is 13.2 Å². The van der Waals surface area contributed by atoms with Gasteiger partial charge in [-0.25, -0.2) is 9.59 Å². The van der Waals surface area contributed by atoms with E-state index in [1.54, 1.807) is 0 Å². The van der Waals surface area contributed by atoms with E-state index in [1.807, 2.05) is 0 Å². The lowest BCUT2D eigenvalue weighted by Gasteiger charge is -2.26. The summed E-state index contributed by atoms with van der Waals surface area (Å²) in [6, 6.07) is 0. The highest BCUT2D eigenvalue weighted by molar-refractivity contribution is 5.98. The van der Waals surface area contributed by atoms with Crippen LogP contribution in [0.15, 0.2) is 11.1 Å². The number of ether oxygens (including phenoxy) is 1. The van der Waals surface area contributed by atoms with Crippen molar-refractivity contribution in [2.24, 2.45) is 0 Å². The minimum atomic E-state index is -1.11. The average molecular weight is 313 g/mol. The fraction of sp³-hybridized carbons (Fsp3) is 0.750. The number of carbonyl (C=O) groups is 2. The molecule has 1 aliphatic rings. The standard InChI is InChI=1S/C16H27NO5/c1-2-3-4-5-6-13(15(18)19)14(16(20)21)7-8-17-9-11-22-12-10-17/h2-12H2,1H3,(H,18,19)(H,20,21). The van der Waals surface area contributed by atoms with E-state index in [4.69, 9.17) is 4.74 Å². The van der Waals surface area contributed by atoms with Crippen molar-refractivity contribution in [1.29, 1.82) is 0 Å². The molecule has 1 aliphatic heterocycles. The zero-order valence-corrected chi connectivity index (χ0v) is 13.3. The Morgan fingerprint density at radius 3 is 2.09 bits per heavy atom. The SMILES string of the molecule is CCCCCCC(C(=O)O)=C(CCN1CCOCC1)C(=O)O. The van der Waals surface area contributed by atoms with Crippen LogP contribution in [0.2, 0.25) is 0 Å². The normalized spacial score (nSPS) is 17.1. The molecule has 0 unspecified atom stereocenters. The maximum atomic E-state index is 11.4. The molecule has 6 nitrogen and oxygen atoms in total. The van der Waals surface area contributed by atoms with Gasteiger partial charge in [0.25, 0.3) is 0 Å². The molecule has 0 aromatic heterocycles. The Labute approximate surface area is 131 Å². The molecule has 0 amide bonds. The van der Waals surface area contributed by atoms with Crippen LogP contribution in [0.25, 0.3) is 0 Å². The third-order valence-corrected chi connectivity index (χ3v) is 3.94. The van der Waals surface area contributed by atoms with Crippen LogP contribution in [-0.4, -0.2) is 59.9 Å². The van der Waals surface area contributed by atoms with Gasteiger partial charge in [-0.05, 0) is 19.3 Å². The molecule has 0 aromatic carbocycles. The van der Waals surface area contributed by atoms with E-state index in [9.17, 15) is 19.8 Å². The second kappa shape index (κ2) is 10.3. The summed E-state index contributed by atoms with van der Waals surface area (Å²) in [5.74, 6) is -2.21. The molecule has 2 N–H and O–H groups in total. The van der Waals surface area contributed by atoms with Gasteiger partial charge in [0, 0.05) is 30.8 Å². The van der Waals surface area contributed by atoms with Crippen LogP contribution in [0.5, 0.6) is 0 Å². The monoisotopic (exact) mass is 313 g/mol. The van der Waals surface area contributed by atoms with E-state index in [0.717, 1.165) is 38.8 Å². The Kier molecular flexibility index (Phi) is 8.77. The Bertz CT molecular complexity index is 399. The molecule has 126 valence electrons. The lowest BCUT2D eigenvalue weighted by molar-refractivity contribution is -0.136. The number of nitrogens with zero attached hydrogens (tertiary/aromatic N) is 1. The van der Waals surface area contributed by atoms with E-state index in [-0.39, 0.29) is 17.6 Å². The van der Waals surface area contributed by atoms with Crippen LogP contribution in [0.1, 0.15) is 45.4 Å². The summed E-state index contributed by atoms with van der Waals surface area (Å²) < 4.78 is 5.25. The third kappa shape index (κ3) is 6.58. The molecule has 1 saturated heterocycles. The number of hydrogen-bond acceptors (Lipinski definition) is 4. The molecule has 0 aliphatic carbocycles. The van der Waals surface area contributed by atoms with Gasteiger partial charge >= 0.3 is 11.9 Å². The van der Waals surface area contributed by atoms with E-state index in [2.05, 4.69) is 11.8 Å². The minimum Gasteiger partial charge on any atom is -0.478 e. The van der Waals surface area contributed by atoms with Crippen LogP contribution in [-0.2, 0) is 14.3 Å². The van der Waals surface area contributed by atoms with Gasteiger partial charge in [0.1, 0.15) is 0 Å². The van der Waals surface area contributed by atoms with Gasteiger partial charge in [-0.15, -0.1) is 0 Å². The molecule has 6 heteroatoms. The van der Waals surface area contributed by atoms with Gasteiger partial charge in [-0.1, -0.05) is 26.2 Å². The molecular weight excluding hydrogens is 286 g/mol. The first-order valence-electron chi connectivity index (χ1n) is 8.05. The number of unbranched alkanes of at least 4 members (excludes halogenated alkanes) is 3. The highest BCUT2D eigenvalue weighted by atomic mass is 16.5.